The lowest BCUT2D eigenvalue weighted by Gasteiger charge is -2.23. The number of guanidine groups is 1. The molecule has 3 atom stereocenters. The van der Waals surface area contributed by atoms with E-state index in [9.17, 15) is 13.9 Å². The fourth-order valence-corrected chi connectivity index (χ4v) is 4.52. The molecule has 2 N–H and O–H groups in total. The van der Waals surface area contributed by atoms with Gasteiger partial charge in [0.2, 0.25) is 16.9 Å². The number of nitrogens with zero attached hydrogens (tertiary/aromatic N) is 5. The highest BCUT2D eigenvalue weighted by Gasteiger charge is 2.34. The summed E-state index contributed by atoms with van der Waals surface area (Å²) in [6.07, 6.45) is 4.67. The molecule has 1 unspecified atom stereocenters. The Labute approximate surface area is 246 Å². The number of carbonyl (C=O) groups excluding carboxylic acids is 1. The third-order valence-electron chi connectivity index (χ3n) is 5.69. The van der Waals surface area contributed by atoms with Gasteiger partial charge in [-0.05, 0) is 51.5 Å². The lowest BCUT2D eigenvalue weighted by molar-refractivity contribution is -0.480. The highest BCUT2D eigenvalue weighted by molar-refractivity contribution is 7.84. The normalized spacial score (nSPS) is 13.6. The fraction of sp³-hybridized carbons (Fsp3) is 0.370. The Morgan fingerprint density at radius 3 is 2.24 bits per heavy atom. The van der Waals surface area contributed by atoms with Gasteiger partial charge in [0.1, 0.15) is 11.4 Å². The molecule has 3 rings (SSSR count). The number of benzene rings is 1. The van der Waals surface area contributed by atoms with Crippen molar-refractivity contribution in [1.29, 1.82) is 0 Å². The molecule has 0 spiro atoms. The van der Waals surface area contributed by atoms with Gasteiger partial charge in [-0.2, -0.15) is 5.43 Å². The van der Waals surface area contributed by atoms with Crippen LogP contribution in [-0.2, 0) is 15.7 Å². The van der Waals surface area contributed by atoms with Crippen molar-refractivity contribution in [2.24, 2.45) is 4.40 Å². The van der Waals surface area contributed by atoms with Crippen LogP contribution in [0.5, 0.6) is 17.4 Å². The Hall–Kier alpha value is -4.50. The molecular formula is C27H34N7O7S+. The number of hydrogen-bond acceptors (Lipinski definition) is 10. The van der Waals surface area contributed by atoms with Gasteiger partial charge in [-0.1, -0.05) is 11.0 Å². The van der Waals surface area contributed by atoms with E-state index in [1.54, 1.807) is 44.3 Å². The standard InChI is InChI=1S/C27H33N7O7S/c1-16(2)41-25(20-14-30-23(40-7)15-29-20)18(4)42(37)33-27(31-24-21(38-5)9-8-10-22(24)39-6)34(36)32-26(35)19-11-17(3)12-28-13-19/h8-16,18,25H,1-7H3,(H-,31,32,33,35,36)/p+1/t18-,25+,42?/m1/s1. The van der Waals surface area contributed by atoms with Crippen LogP contribution in [-0.4, -0.2) is 68.6 Å². The van der Waals surface area contributed by atoms with Crippen molar-refractivity contribution in [3.63, 3.8) is 0 Å². The quantitative estimate of drug-likeness (QED) is 0.143. The smallest absolute Gasteiger partial charge is 0.467 e. The van der Waals surface area contributed by atoms with E-state index < -0.39 is 34.2 Å². The zero-order valence-corrected chi connectivity index (χ0v) is 25.2. The molecule has 0 aliphatic rings. The first-order valence-corrected chi connectivity index (χ1v) is 13.9. The van der Waals surface area contributed by atoms with Crippen molar-refractivity contribution in [3.8, 4) is 17.4 Å². The van der Waals surface area contributed by atoms with Gasteiger partial charge >= 0.3 is 5.96 Å². The first-order chi connectivity index (χ1) is 20.1. The number of pyridine rings is 1. The Morgan fingerprint density at radius 2 is 1.69 bits per heavy atom. The number of methoxy groups -OCH3 is 3. The number of rotatable bonds is 11. The van der Waals surface area contributed by atoms with Crippen LogP contribution in [0, 0.1) is 11.8 Å². The zero-order chi connectivity index (χ0) is 30.8. The molecule has 224 valence electrons. The van der Waals surface area contributed by atoms with Crippen LogP contribution in [0.4, 0.5) is 5.69 Å². The van der Waals surface area contributed by atoms with Gasteiger partial charge in [0, 0.05) is 16.8 Å². The van der Waals surface area contributed by atoms with Crippen molar-refractivity contribution >= 4 is 28.5 Å². The van der Waals surface area contributed by atoms with E-state index in [4.69, 9.17) is 18.9 Å². The molecule has 14 nitrogen and oxygen atoms in total. The zero-order valence-electron chi connectivity index (χ0n) is 24.4. The van der Waals surface area contributed by atoms with E-state index in [-0.39, 0.29) is 22.2 Å². The molecule has 0 bridgehead atoms. The van der Waals surface area contributed by atoms with E-state index in [2.05, 4.69) is 30.1 Å². The molecule has 0 fully saturated rings. The number of nitrogens with one attached hydrogen (secondary N) is 2. The topological polar surface area (TPSA) is 166 Å². The number of ether oxygens (including phenoxy) is 4. The minimum Gasteiger partial charge on any atom is -0.493 e. The summed E-state index contributed by atoms with van der Waals surface area (Å²) in [7, 11) is 2.22. The van der Waals surface area contributed by atoms with Crippen molar-refractivity contribution in [3.05, 3.63) is 70.8 Å². The number of amides is 1. The van der Waals surface area contributed by atoms with E-state index >= 15 is 0 Å². The monoisotopic (exact) mass is 600 g/mol. The summed E-state index contributed by atoms with van der Waals surface area (Å²) < 4.78 is 39.7. The number of nitroso groups, excluding NO2 is 1. The van der Waals surface area contributed by atoms with Crippen LogP contribution >= 0.6 is 0 Å². The van der Waals surface area contributed by atoms with Crippen molar-refractivity contribution in [2.45, 2.75) is 45.2 Å². The minimum atomic E-state index is -2.11. The lowest BCUT2D eigenvalue weighted by atomic mass is 10.2. The number of hydrazine groups is 1. The molecule has 15 heteroatoms. The first kappa shape index (κ1) is 32.0. The fourth-order valence-electron chi connectivity index (χ4n) is 3.65. The highest BCUT2D eigenvalue weighted by Crippen LogP contribution is 2.34. The number of aryl methyl sites for hydroxylation is 1. The Kier molecular flexibility index (Phi) is 11.4. The summed E-state index contributed by atoms with van der Waals surface area (Å²) in [5, 5.41) is 1.99. The molecule has 3 aromatic rings. The van der Waals surface area contributed by atoms with Crippen LogP contribution in [0.25, 0.3) is 0 Å². The third-order valence-corrected chi connectivity index (χ3v) is 6.92. The molecule has 0 aliphatic heterocycles. The number of anilines is 1. The molecule has 42 heavy (non-hydrogen) atoms. The molecule has 1 amide bonds. The maximum Gasteiger partial charge on any atom is 0.467 e. The van der Waals surface area contributed by atoms with E-state index in [1.807, 2.05) is 13.8 Å². The number of aromatic nitrogens is 3. The van der Waals surface area contributed by atoms with Gasteiger partial charge in [-0.25, -0.2) is 14.5 Å². The second-order valence-electron chi connectivity index (χ2n) is 9.13. The maximum absolute atomic E-state index is 13.7. The average Bonchev–Trinajstić information content (AvgIpc) is 2.99. The average molecular weight is 601 g/mol. The summed E-state index contributed by atoms with van der Waals surface area (Å²) >= 11 is 0. The van der Waals surface area contributed by atoms with Crippen LogP contribution in [0.1, 0.15) is 48.5 Å². The number of hydrogen-bond donors (Lipinski definition) is 2. The SMILES string of the molecule is COc1cnc([C@@H](OC(C)C)[C@@H](C)S(=O)N=C(Nc2c(OC)cccc2OC)[N+](=O)NC(=O)c2cncc(C)c2)cn1. The van der Waals surface area contributed by atoms with E-state index in [0.29, 0.717) is 23.1 Å². The summed E-state index contributed by atoms with van der Waals surface area (Å²) in [5.41, 5.74) is 3.66. The molecule has 2 heterocycles. The third kappa shape index (κ3) is 8.27. The number of para-hydroxylation sites is 1. The molecule has 0 radical (unpaired) electrons. The molecule has 2 aromatic heterocycles. The Balaban J connectivity index is 2.01. The first-order valence-electron chi connectivity index (χ1n) is 12.8. The summed E-state index contributed by atoms with van der Waals surface area (Å²) in [6, 6.07) is 6.50. The molecule has 0 saturated carbocycles. The number of carbonyl (C=O) groups is 1. The molecule has 0 saturated heterocycles. The van der Waals surface area contributed by atoms with Gasteiger partial charge in [0.25, 0.3) is 5.91 Å². The van der Waals surface area contributed by atoms with Gasteiger partial charge in [0.05, 0.1) is 56.0 Å². The second kappa shape index (κ2) is 14.9. The predicted molar refractivity (Wildman–Crippen MR) is 156 cm³/mol. The van der Waals surface area contributed by atoms with Crippen LogP contribution in [0.3, 0.4) is 0 Å². The molecular weight excluding hydrogens is 566 g/mol. The van der Waals surface area contributed by atoms with Crippen LogP contribution < -0.4 is 25.0 Å². The van der Waals surface area contributed by atoms with Crippen molar-refractivity contribution in [1.82, 2.24) is 20.4 Å². The second-order valence-corrected chi connectivity index (χ2v) is 10.6. The maximum atomic E-state index is 13.7. The molecule has 0 aliphatic carbocycles. The van der Waals surface area contributed by atoms with Crippen LogP contribution in [0.2, 0.25) is 0 Å². The Bertz CT molecular complexity index is 1430. The Morgan fingerprint density at radius 1 is 1.00 bits per heavy atom. The van der Waals surface area contributed by atoms with Gasteiger partial charge in [-0.3, -0.25) is 14.8 Å². The van der Waals surface area contributed by atoms with Crippen molar-refractivity contribution in [2.75, 3.05) is 26.6 Å². The summed E-state index contributed by atoms with van der Waals surface area (Å²) in [6.45, 7) is 7.03. The lowest BCUT2D eigenvalue weighted by Crippen LogP contribution is -2.41. The predicted octanol–water partition coefficient (Wildman–Crippen LogP) is 3.32. The summed E-state index contributed by atoms with van der Waals surface area (Å²) in [5.74, 6) is -0.360. The molecule has 1 aromatic carbocycles. The van der Waals surface area contributed by atoms with Crippen molar-refractivity contribution < 1.29 is 32.8 Å². The largest absolute Gasteiger partial charge is 0.493 e. The van der Waals surface area contributed by atoms with Gasteiger partial charge < -0.3 is 18.9 Å². The highest BCUT2D eigenvalue weighted by atomic mass is 32.2. The summed E-state index contributed by atoms with van der Waals surface area (Å²) in [4.78, 5) is 38.8. The van der Waals surface area contributed by atoms with Crippen LogP contribution in [0.15, 0.2) is 53.5 Å². The minimum absolute atomic E-state index is 0.0761. The van der Waals surface area contributed by atoms with Gasteiger partial charge in [-0.15, -0.1) is 0 Å². The van der Waals surface area contributed by atoms with E-state index in [0.717, 1.165) is 5.56 Å². The van der Waals surface area contributed by atoms with Gasteiger partial charge in [0.15, 0.2) is 17.2 Å². The van der Waals surface area contributed by atoms with E-state index in [1.165, 1.54) is 39.9 Å².